The van der Waals surface area contributed by atoms with Gasteiger partial charge in [-0.2, -0.15) is 0 Å². The van der Waals surface area contributed by atoms with Crippen LogP contribution < -0.4 is 0 Å². The molecule has 3 saturated carbocycles. The monoisotopic (exact) mass is 884 g/mol. The summed E-state index contributed by atoms with van der Waals surface area (Å²) in [5, 5.41) is 96.5. The Hall–Kier alpha value is -0.940. The molecule has 62 heavy (non-hydrogen) atoms. The van der Waals surface area contributed by atoms with Crippen LogP contribution in [-0.2, 0) is 37.9 Å². The lowest BCUT2D eigenvalue weighted by Gasteiger charge is -2.58. The van der Waals surface area contributed by atoms with Crippen LogP contribution in [0.4, 0.5) is 0 Å². The third kappa shape index (κ3) is 7.49. The van der Waals surface area contributed by atoms with Crippen LogP contribution >= 0.6 is 0 Å². The number of hydrogen-bond donors (Lipinski definition) is 9. The van der Waals surface area contributed by atoms with Gasteiger partial charge in [0, 0.05) is 12.3 Å². The molecule has 0 aromatic rings. The van der Waals surface area contributed by atoms with Crippen LogP contribution in [0.2, 0.25) is 0 Å². The van der Waals surface area contributed by atoms with Crippen molar-refractivity contribution in [3.05, 3.63) is 11.6 Å². The highest BCUT2D eigenvalue weighted by molar-refractivity contribution is 5.26. The third-order valence-corrected chi connectivity index (χ3v) is 17.7. The van der Waals surface area contributed by atoms with E-state index < -0.39 is 111 Å². The first-order chi connectivity index (χ1) is 29.4. The van der Waals surface area contributed by atoms with Crippen molar-refractivity contribution in [1.82, 2.24) is 0 Å². The molecule has 17 heteroatoms. The van der Waals surface area contributed by atoms with Gasteiger partial charge in [-0.3, -0.25) is 0 Å². The number of aliphatic hydroxyl groups excluding tert-OH is 9. The maximum Gasteiger partial charge on any atom is 0.187 e. The second-order valence-electron chi connectivity index (χ2n) is 21.1. The minimum absolute atomic E-state index is 0.0107. The van der Waals surface area contributed by atoms with Crippen molar-refractivity contribution in [2.75, 3.05) is 19.8 Å². The number of aliphatic hydroxyl groups is 9. The van der Waals surface area contributed by atoms with E-state index in [0.29, 0.717) is 48.3 Å². The molecule has 4 aliphatic carbocycles. The molecule has 0 unspecified atom stereocenters. The number of allylic oxidation sites excluding steroid dienone is 1. The van der Waals surface area contributed by atoms with Gasteiger partial charge in [-0.05, 0) is 98.7 Å². The molecule has 26 atom stereocenters. The highest BCUT2D eigenvalue weighted by atomic mass is 16.8. The van der Waals surface area contributed by atoms with Gasteiger partial charge in [0.05, 0.1) is 38.1 Å². The zero-order valence-corrected chi connectivity index (χ0v) is 36.6. The van der Waals surface area contributed by atoms with Crippen molar-refractivity contribution < 1.29 is 83.9 Å². The first kappa shape index (κ1) is 46.2. The summed E-state index contributed by atoms with van der Waals surface area (Å²) >= 11 is 0. The lowest BCUT2D eigenvalue weighted by atomic mass is 9.47. The summed E-state index contributed by atoms with van der Waals surface area (Å²) in [6.07, 6.45) is -12.2. The fraction of sp³-hybridized carbons (Fsp3) is 0.956. The smallest absolute Gasteiger partial charge is 0.187 e. The van der Waals surface area contributed by atoms with Crippen molar-refractivity contribution in [3.63, 3.8) is 0 Å². The highest BCUT2D eigenvalue weighted by Crippen LogP contribution is 2.70. The molecule has 0 bridgehead atoms. The number of hydrogen-bond acceptors (Lipinski definition) is 17. The van der Waals surface area contributed by atoms with E-state index in [2.05, 4.69) is 33.8 Å². The topological polar surface area (TPSA) is 256 Å². The quantitative estimate of drug-likeness (QED) is 0.148. The third-order valence-electron chi connectivity index (χ3n) is 17.7. The molecule has 0 aromatic heterocycles. The summed E-state index contributed by atoms with van der Waals surface area (Å²) < 4.78 is 49.3. The summed E-state index contributed by atoms with van der Waals surface area (Å²) in [5.74, 6) is 2.64. The minimum Gasteiger partial charge on any atom is -0.394 e. The van der Waals surface area contributed by atoms with Gasteiger partial charge < -0.3 is 83.9 Å². The van der Waals surface area contributed by atoms with Crippen molar-refractivity contribution in [2.45, 2.75) is 203 Å². The summed E-state index contributed by atoms with van der Waals surface area (Å²) in [5.41, 5.74) is 1.54. The standard InChI is InChI=1S/C45H72O17/c1-19-8-13-45(55-18-19)20(2)30-27(62-45)15-26-24-7-6-22-14-23(9-11-43(22,4)25(24)10-12-44(26,30)5)57-41-37(54)38(33(50)29(17-47)58-41)60-42-39(35(52)32(49)28(16-46)59-42)61-40-36(53)34(51)31(48)21(3)56-40/h6,19-21,23-42,46-54H,7-18H2,1-5H3/t19-,20+,21+,23+,24-,25+,26+,27+,28-,29-,30+,31+,32-,33-,34-,35+,36-,37-,38+,39-,40-,41-,42+,43+,44+,45-/m1/s1. The van der Waals surface area contributed by atoms with Gasteiger partial charge >= 0.3 is 0 Å². The van der Waals surface area contributed by atoms with Crippen LogP contribution in [0.3, 0.4) is 0 Å². The van der Waals surface area contributed by atoms with Gasteiger partial charge in [0.25, 0.3) is 0 Å². The van der Waals surface area contributed by atoms with Crippen LogP contribution in [0.5, 0.6) is 0 Å². The zero-order valence-electron chi connectivity index (χ0n) is 36.6. The van der Waals surface area contributed by atoms with E-state index >= 15 is 0 Å². The van der Waals surface area contributed by atoms with Gasteiger partial charge in [0.1, 0.15) is 67.1 Å². The Balaban J connectivity index is 0.877. The van der Waals surface area contributed by atoms with E-state index in [9.17, 15) is 46.0 Å². The fourth-order valence-corrected chi connectivity index (χ4v) is 14.0. The van der Waals surface area contributed by atoms with Crippen molar-refractivity contribution >= 4 is 0 Å². The summed E-state index contributed by atoms with van der Waals surface area (Å²) in [7, 11) is 0. The average molecular weight is 885 g/mol. The van der Waals surface area contributed by atoms with Crippen LogP contribution in [0.15, 0.2) is 11.6 Å². The summed E-state index contributed by atoms with van der Waals surface area (Å²) in [6, 6.07) is 0. The van der Waals surface area contributed by atoms with Crippen LogP contribution in [0, 0.1) is 46.3 Å². The molecule has 5 aliphatic heterocycles. The van der Waals surface area contributed by atoms with Gasteiger partial charge in [0.2, 0.25) is 0 Å². The highest BCUT2D eigenvalue weighted by Gasteiger charge is 2.69. The van der Waals surface area contributed by atoms with Crippen molar-refractivity contribution in [1.29, 1.82) is 0 Å². The molecular weight excluding hydrogens is 812 g/mol. The maximum absolute atomic E-state index is 11.8. The van der Waals surface area contributed by atoms with E-state index in [-0.39, 0.29) is 23.0 Å². The Labute approximate surface area is 363 Å². The molecule has 8 fully saturated rings. The molecule has 354 valence electrons. The fourth-order valence-electron chi connectivity index (χ4n) is 14.0. The van der Waals surface area contributed by atoms with E-state index in [4.69, 9.17) is 37.9 Å². The van der Waals surface area contributed by atoms with Crippen molar-refractivity contribution in [3.8, 4) is 0 Å². The second kappa shape index (κ2) is 17.3. The van der Waals surface area contributed by atoms with Crippen LogP contribution in [0.1, 0.15) is 92.4 Å². The zero-order chi connectivity index (χ0) is 44.2. The average Bonchev–Trinajstić information content (AvgIpc) is 3.70. The molecule has 9 aliphatic rings. The Morgan fingerprint density at radius 3 is 2.08 bits per heavy atom. The molecule has 0 radical (unpaired) electrons. The van der Waals surface area contributed by atoms with Crippen LogP contribution in [-0.4, -0.2) is 176 Å². The lowest BCUT2D eigenvalue weighted by molar-refractivity contribution is -0.389. The molecule has 0 amide bonds. The maximum atomic E-state index is 11.8. The predicted molar refractivity (Wildman–Crippen MR) is 214 cm³/mol. The number of ether oxygens (including phenoxy) is 8. The molecule has 1 spiro atoms. The largest absolute Gasteiger partial charge is 0.394 e. The van der Waals surface area contributed by atoms with Crippen molar-refractivity contribution in [2.24, 2.45) is 46.3 Å². The van der Waals surface area contributed by atoms with Gasteiger partial charge in [-0.1, -0.05) is 39.3 Å². The van der Waals surface area contributed by atoms with E-state index in [1.165, 1.54) is 18.9 Å². The van der Waals surface area contributed by atoms with Gasteiger partial charge in [0.15, 0.2) is 24.7 Å². The predicted octanol–water partition coefficient (Wildman–Crippen LogP) is 0.214. The lowest BCUT2D eigenvalue weighted by Crippen LogP contribution is -2.67. The first-order valence-corrected chi connectivity index (χ1v) is 23.4. The molecule has 5 saturated heterocycles. The summed E-state index contributed by atoms with van der Waals surface area (Å²) in [4.78, 5) is 0. The Morgan fingerprint density at radius 1 is 0.677 bits per heavy atom. The molecule has 9 N–H and O–H groups in total. The molecule has 9 rings (SSSR count). The van der Waals surface area contributed by atoms with E-state index in [1.807, 2.05) is 0 Å². The molecular formula is C45H72O17. The number of fused-ring (bicyclic) bond motifs is 7. The molecule has 5 heterocycles. The minimum atomic E-state index is -1.81. The van der Waals surface area contributed by atoms with Gasteiger partial charge in [-0.25, -0.2) is 0 Å². The molecule has 17 nitrogen and oxygen atoms in total. The number of rotatable bonds is 8. The Kier molecular flexibility index (Phi) is 12.9. The Bertz CT molecular complexity index is 1610. The van der Waals surface area contributed by atoms with Gasteiger partial charge in [-0.15, -0.1) is 0 Å². The van der Waals surface area contributed by atoms with Crippen LogP contribution in [0.25, 0.3) is 0 Å². The second-order valence-corrected chi connectivity index (χ2v) is 21.1. The first-order valence-electron chi connectivity index (χ1n) is 23.4. The normalized spacial score (nSPS) is 57.6. The summed E-state index contributed by atoms with van der Waals surface area (Å²) in [6.45, 7) is 10.4. The Morgan fingerprint density at radius 2 is 1.37 bits per heavy atom. The van der Waals surface area contributed by atoms with E-state index in [1.54, 1.807) is 0 Å². The SMILES string of the molecule is C[C@@H]1CC[C@@]2(OC1)O[C@H]1C[C@H]3[C@@H]4CC=C5C[C@@H](O[C@@H]6O[C@H](CO)[C@@H](O)[C@H](O[C@@H]7O[C@H](CO)[C@@H](O)[C@H](O)[C@H]7O[C@H]7O[C@@H](C)[C@H](O)[C@@H](O)[C@H]7O)[C@H]6O)CC[C@]5(C)[C@H]4CC[C@]3(C)[C@H]1[C@@H]2C. The molecule has 0 aromatic carbocycles. The van der Waals surface area contributed by atoms with E-state index in [0.717, 1.165) is 45.1 Å².